The molecule has 0 aliphatic rings. The number of hydrogen-bond acceptors (Lipinski definition) is 4. The van der Waals surface area contributed by atoms with Crippen molar-refractivity contribution in [3.8, 4) is 17.1 Å². The number of carbonyl (C=O) groups excluding carboxylic acids is 1. The molecule has 0 unspecified atom stereocenters. The SMILES string of the molecule is CCCNC(=O)CSc1nnc(-c2ccc(C)cc2)n1-c1ccc(Cl)c(Cl)c1. The highest BCUT2D eigenvalue weighted by Crippen LogP contribution is 2.31. The lowest BCUT2D eigenvalue weighted by molar-refractivity contribution is -0.118. The van der Waals surface area contributed by atoms with Gasteiger partial charge >= 0.3 is 0 Å². The van der Waals surface area contributed by atoms with Crippen molar-refractivity contribution in [1.29, 1.82) is 0 Å². The van der Waals surface area contributed by atoms with E-state index in [-0.39, 0.29) is 11.7 Å². The number of nitrogens with zero attached hydrogens (tertiary/aromatic N) is 3. The van der Waals surface area contributed by atoms with E-state index >= 15 is 0 Å². The quantitative estimate of drug-likeness (QED) is 0.521. The molecule has 1 amide bonds. The molecular formula is C20H20Cl2N4OS. The van der Waals surface area contributed by atoms with Crippen molar-refractivity contribution in [3.05, 3.63) is 58.1 Å². The normalized spacial score (nSPS) is 10.9. The van der Waals surface area contributed by atoms with Crippen LogP contribution in [0, 0.1) is 6.92 Å². The van der Waals surface area contributed by atoms with Gasteiger partial charge in [0.1, 0.15) is 0 Å². The number of rotatable bonds is 7. The number of thioether (sulfide) groups is 1. The second kappa shape index (κ2) is 9.45. The summed E-state index contributed by atoms with van der Waals surface area (Å²) < 4.78 is 1.89. The van der Waals surface area contributed by atoms with Crippen LogP contribution in [-0.4, -0.2) is 33.0 Å². The Morgan fingerprint density at radius 1 is 1.11 bits per heavy atom. The number of amides is 1. The number of aromatic nitrogens is 3. The highest BCUT2D eigenvalue weighted by molar-refractivity contribution is 7.99. The van der Waals surface area contributed by atoms with E-state index in [1.807, 2.05) is 48.7 Å². The number of halogens is 2. The van der Waals surface area contributed by atoms with E-state index < -0.39 is 0 Å². The van der Waals surface area contributed by atoms with E-state index in [1.165, 1.54) is 11.8 Å². The standard InChI is InChI=1S/C20H20Cl2N4OS/c1-3-10-23-18(27)12-28-20-25-24-19(14-6-4-13(2)5-7-14)26(20)15-8-9-16(21)17(22)11-15/h4-9,11H,3,10,12H2,1-2H3,(H,23,27). The molecule has 2 aromatic carbocycles. The zero-order chi connectivity index (χ0) is 20.1. The van der Waals surface area contributed by atoms with Crippen LogP contribution >= 0.6 is 35.0 Å². The first-order valence-electron chi connectivity index (χ1n) is 8.87. The minimum atomic E-state index is -0.0348. The summed E-state index contributed by atoms with van der Waals surface area (Å²) in [7, 11) is 0. The predicted octanol–water partition coefficient (Wildman–Crippen LogP) is 5.17. The van der Waals surface area contributed by atoms with Gasteiger partial charge in [-0.15, -0.1) is 10.2 Å². The van der Waals surface area contributed by atoms with Crippen LogP contribution in [-0.2, 0) is 4.79 Å². The Bertz CT molecular complexity index is 973. The lowest BCUT2D eigenvalue weighted by Crippen LogP contribution is -2.25. The average molecular weight is 435 g/mol. The molecule has 0 saturated heterocycles. The highest BCUT2D eigenvalue weighted by atomic mass is 35.5. The molecule has 0 spiro atoms. The molecule has 1 aromatic heterocycles. The number of nitrogens with one attached hydrogen (secondary N) is 1. The first kappa shape index (κ1) is 20.7. The van der Waals surface area contributed by atoms with E-state index in [9.17, 15) is 4.79 Å². The van der Waals surface area contributed by atoms with Gasteiger partial charge in [0.15, 0.2) is 11.0 Å². The maximum absolute atomic E-state index is 12.0. The van der Waals surface area contributed by atoms with Gasteiger partial charge in [-0.1, -0.05) is 71.7 Å². The first-order valence-corrected chi connectivity index (χ1v) is 10.6. The Hall–Kier alpha value is -2.02. The monoisotopic (exact) mass is 434 g/mol. The van der Waals surface area contributed by atoms with Crippen LogP contribution < -0.4 is 5.32 Å². The van der Waals surface area contributed by atoms with Crippen molar-refractivity contribution in [2.45, 2.75) is 25.4 Å². The van der Waals surface area contributed by atoms with Crippen molar-refractivity contribution < 1.29 is 4.79 Å². The second-order valence-electron chi connectivity index (χ2n) is 6.24. The number of benzene rings is 2. The van der Waals surface area contributed by atoms with Crippen LogP contribution in [0.5, 0.6) is 0 Å². The predicted molar refractivity (Wildman–Crippen MR) is 116 cm³/mol. The molecule has 0 fully saturated rings. The summed E-state index contributed by atoms with van der Waals surface area (Å²) in [6.07, 6.45) is 0.896. The number of hydrogen-bond donors (Lipinski definition) is 1. The Balaban J connectivity index is 1.98. The average Bonchev–Trinajstić information content (AvgIpc) is 3.11. The minimum Gasteiger partial charge on any atom is -0.355 e. The fourth-order valence-corrected chi connectivity index (χ4v) is 3.63. The summed E-state index contributed by atoms with van der Waals surface area (Å²) in [6, 6.07) is 13.4. The van der Waals surface area contributed by atoms with Gasteiger partial charge in [-0.3, -0.25) is 9.36 Å². The van der Waals surface area contributed by atoms with Gasteiger partial charge in [-0.05, 0) is 31.5 Å². The summed E-state index contributed by atoms with van der Waals surface area (Å²) in [5, 5.41) is 13.1. The van der Waals surface area contributed by atoms with Gasteiger partial charge in [-0.25, -0.2) is 0 Å². The van der Waals surface area contributed by atoms with Crippen molar-refractivity contribution in [2.24, 2.45) is 0 Å². The van der Waals surface area contributed by atoms with Crippen LogP contribution in [0.2, 0.25) is 10.0 Å². The molecule has 28 heavy (non-hydrogen) atoms. The van der Waals surface area contributed by atoms with Crippen LogP contribution in [0.25, 0.3) is 17.1 Å². The largest absolute Gasteiger partial charge is 0.355 e. The topological polar surface area (TPSA) is 59.8 Å². The van der Waals surface area contributed by atoms with E-state index in [0.29, 0.717) is 27.6 Å². The molecule has 146 valence electrons. The van der Waals surface area contributed by atoms with Crippen LogP contribution in [0.15, 0.2) is 47.6 Å². The van der Waals surface area contributed by atoms with E-state index in [4.69, 9.17) is 23.2 Å². The first-order chi connectivity index (χ1) is 13.5. The van der Waals surface area contributed by atoms with Gasteiger partial charge in [0.25, 0.3) is 0 Å². The molecule has 8 heteroatoms. The molecule has 0 bridgehead atoms. The Morgan fingerprint density at radius 2 is 1.86 bits per heavy atom. The van der Waals surface area contributed by atoms with Crippen molar-refractivity contribution in [1.82, 2.24) is 20.1 Å². The van der Waals surface area contributed by atoms with Gasteiger partial charge in [0.2, 0.25) is 5.91 Å². The van der Waals surface area contributed by atoms with E-state index in [1.54, 1.807) is 12.1 Å². The lowest BCUT2D eigenvalue weighted by Gasteiger charge is -2.11. The molecule has 0 aliphatic carbocycles. The lowest BCUT2D eigenvalue weighted by atomic mass is 10.1. The number of aryl methyl sites for hydroxylation is 1. The third-order valence-corrected chi connectivity index (χ3v) is 5.68. The fourth-order valence-electron chi connectivity index (χ4n) is 2.56. The maximum Gasteiger partial charge on any atom is 0.230 e. The van der Waals surface area contributed by atoms with Crippen LogP contribution in [0.3, 0.4) is 0 Å². The molecule has 5 nitrogen and oxygen atoms in total. The van der Waals surface area contributed by atoms with Crippen molar-refractivity contribution in [3.63, 3.8) is 0 Å². The minimum absolute atomic E-state index is 0.0348. The van der Waals surface area contributed by atoms with Crippen LogP contribution in [0.4, 0.5) is 0 Å². The second-order valence-corrected chi connectivity index (χ2v) is 8.00. The smallest absolute Gasteiger partial charge is 0.230 e. The summed E-state index contributed by atoms with van der Waals surface area (Å²) in [5.74, 6) is 0.898. The van der Waals surface area contributed by atoms with Gasteiger partial charge < -0.3 is 5.32 Å². The molecule has 0 saturated carbocycles. The van der Waals surface area contributed by atoms with E-state index in [0.717, 1.165) is 23.2 Å². The Labute approximate surface area is 178 Å². The molecule has 0 atom stereocenters. The summed E-state index contributed by atoms with van der Waals surface area (Å²) in [4.78, 5) is 12.0. The van der Waals surface area contributed by atoms with Gasteiger partial charge in [0.05, 0.1) is 21.5 Å². The van der Waals surface area contributed by atoms with E-state index in [2.05, 4.69) is 15.5 Å². The molecule has 1 heterocycles. The third kappa shape index (κ3) is 4.87. The third-order valence-electron chi connectivity index (χ3n) is 4.01. The van der Waals surface area contributed by atoms with Gasteiger partial charge in [-0.2, -0.15) is 0 Å². The Kier molecular flexibility index (Phi) is 6.99. The molecule has 3 aromatic rings. The van der Waals surface area contributed by atoms with Crippen LogP contribution in [0.1, 0.15) is 18.9 Å². The fraction of sp³-hybridized carbons (Fsp3) is 0.250. The zero-order valence-corrected chi connectivity index (χ0v) is 17.9. The van der Waals surface area contributed by atoms with Crippen molar-refractivity contribution >= 4 is 40.9 Å². The summed E-state index contributed by atoms with van der Waals surface area (Å²) in [6.45, 7) is 4.71. The molecule has 3 rings (SSSR count). The molecule has 0 radical (unpaired) electrons. The summed E-state index contributed by atoms with van der Waals surface area (Å²) in [5.41, 5.74) is 2.87. The molecular weight excluding hydrogens is 415 g/mol. The molecule has 1 N–H and O–H groups in total. The van der Waals surface area contributed by atoms with Crippen molar-refractivity contribution in [2.75, 3.05) is 12.3 Å². The summed E-state index contributed by atoms with van der Waals surface area (Å²) >= 11 is 13.6. The number of carbonyl (C=O) groups is 1. The maximum atomic E-state index is 12.0. The Morgan fingerprint density at radius 3 is 2.54 bits per heavy atom. The highest BCUT2D eigenvalue weighted by Gasteiger charge is 2.18. The zero-order valence-electron chi connectivity index (χ0n) is 15.6. The molecule has 0 aliphatic heterocycles. The van der Waals surface area contributed by atoms with Gasteiger partial charge in [0, 0.05) is 12.1 Å².